The highest BCUT2D eigenvalue weighted by Gasteiger charge is 2.14. The normalized spacial score (nSPS) is 12.8. The van der Waals surface area contributed by atoms with E-state index in [1.807, 2.05) is 24.7 Å². The first kappa shape index (κ1) is 20.6. The van der Waals surface area contributed by atoms with Gasteiger partial charge >= 0.3 is 0 Å². The molecule has 3 rings (SSSR count). The molecular formula is C21H28FN7. The minimum Gasteiger partial charge on any atom is -0.354 e. The van der Waals surface area contributed by atoms with Crippen molar-refractivity contribution >= 4 is 5.96 Å². The number of aliphatic imine (C=N–C) groups is 1. The molecule has 0 bridgehead atoms. The monoisotopic (exact) mass is 397 g/mol. The maximum Gasteiger partial charge on any atom is 0.191 e. The molecule has 0 saturated heterocycles. The second-order valence-corrected chi connectivity index (χ2v) is 7.20. The fraction of sp³-hybridized carbons (Fsp3) is 0.381. The summed E-state index contributed by atoms with van der Waals surface area (Å²) in [5.41, 5.74) is 4.79. The van der Waals surface area contributed by atoms with Crippen LogP contribution in [0.5, 0.6) is 0 Å². The third-order valence-electron chi connectivity index (χ3n) is 5.03. The molecule has 0 fully saturated rings. The zero-order chi connectivity index (χ0) is 21.0. The number of hydrogen-bond acceptors (Lipinski definition) is 3. The summed E-state index contributed by atoms with van der Waals surface area (Å²) in [5.74, 6) is 0.386. The van der Waals surface area contributed by atoms with Gasteiger partial charge in [-0.05, 0) is 50.5 Å². The number of nitrogens with zero attached hydrogens (tertiary/aromatic N) is 5. The molecule has 154 valence electrons. The summed E-state index contributed by atoms with van der Waals surface area (Å²) in [5, 5.41) is 11.1. The maximum atomic E-state index is 14.4. The van der Waals surface area contributed by atoms with Crippen LogP contribution in [0.25, 0.3) is 5.69 Å². The Morgan fingerprint density at radius 1 is 1.31 bits per heavy atom. The molecule has 7 nitrogen and oxygen atoms in total. The van der Waals surface area contributed by atoms with Crippen molar-refractivity contribution in [2.24, 2.45) is 12.0 Å². The van der Waals surface area contributed by atoms with Crippen molar-refractivity contribution in [2.75, 3.05) is 7.05 Å². The van der Waals surface area contributed by atoms with Gasteiger partial charge in [0, 0.05) is 44.8 Å². The fourth-order valence-corrected chi connectivity index (χ4v) is 3.36. The average Bonchev–Trinajstić information content (AvgIpc) is 3.30. The zero-order valence-corrected chi connectivity index (χ0v) is 17.6. The Kier molecular flexibility index (Phi) is 6.31. The third kappa shape index (κ3) is 4.82. The van der Waals surface area contributed by atoms with Gasteiger partial charge in [0.25, 0.3) is 0 Å². The molecule has 1 unspecified atom stereocenters. The standard InChI is InChI=1S/C21H28FN7/c1-14(10-18-15(2)27-28(5)16(18)3)26-21(23-4)25-12-17-6-7-20(19(22)11-17)29-9-8-24-13-29/h6-9,11,13-14H,10,12H2,1-5H3,(H2,23,25,26). The molecule has 0 aliphatic carbocycles. The Balaban J connectivity index is 1.58. The first-order valence-corrected chi connectivity index (χ1v) is 9.62. The van der Waals surface area contributed by atoms with E-state index in [-0.39, 0.29) is 11.9 Å². The van der Waals surface area contributed by atoms with Gasteiger partial charge in [0.1, 0.15) is 5.82 Å². The lowest BCUT2D eigenvalue weighted by atomic mass is 10.1. The van der Waals surface area contributed by atoms with Gasteiger partial charge in [0.2, 0.25) is 0 Å². The van der Waals surface area contributed by atoms with E-state index in [1.54, 1.807) is 36.4 Å². The van der Waals surface area contributed by atoms with E-state index in [9.17, 15) is 4.39 Å². The minimum absolute atomic E-state index is 0.170. The first-order valence-electron chi connectivity index (χ1n) is 9.62. The van der Waals surface area contributed by atoms with Crippen molar-refractivity contribution in [3.8, 4) is 5.69 Å². The third-order valence-corrected chi connectivity index (χ3v) is 5.03. The van der Waals surface area contributed by atoms with Crippen molar-refractivity contribution in [1.82, 2.24) is 30.0 Å². The number of hydrogen-bond donors (Lipinski definition) is 2. The summed E-state index contributed by atoms with van der Waals surface area (Å²) in [6, 6.07) is 5.34. The van der Waals surface area contributed by atoms with Crippen LogP contribution >= 0.6 is 0 Å². The molecule has 1 aromatic carbocycles. The maximum absolute atomic E-state index is 14.4. The highest BCUT2D eigenvalue weighted by atomic mass is 19.1. The van der Waals surface area contributed by atoms with E-state index in [0.717, 1.165) is 17.7 Å². The summed E-state index contributed by atoms with van der Waals surface area (Å²) in [6.07, 6.45) is 5.77. The molecule has 8 heteroatoms. The van der Waals surface area contributed by atoms with Crippen LogP contribution in [0.15, 0.2) is 41.9 Å². The van der Waals surface area contributed by atoms with Crippen LogP contribution in [0.3, 0.4) is 0 Å². The molecule has 2 N–H and O–H groups in total. The minimum atomic E-state index is -0.291. The van der Waals surface area contributed by atoms with E-state index in [4.69, 9.17) is 0 Å². The fourth-order valence-electron chi connectivity index (χ4n) is 3.36. The number of aromatic nitrogens is 4. The number of imidazole rings is 1. The molecule has 0 saturated carbocycles. The second-order valence-electron chi connectivity index (χ2n) is 7.20. The number of halogens is 1. The number of guanidine groups is 1. The van der Waals surface area contributed by atoms with Crippen LogP contribution in [0, 0.1) is 19.7 Å². The summed E-state index contributed by atoms with van der Waals surface area (Å²) in [6.45, 7) is 6.69. The molecule has 0 aliphatic heterocycles. The quantitative estimate of drug-likeness (QED) is 0.496. The molecule has 29 heavy (non-hydrogen) atoms. The van der Waals surface area contributed by atoms with Crippen molar-refractivity contribution < 1.29 is 4.39 Å². The molecule has 0 radical (unpaired) electrons. The van der Waals surface area contributed by atoms with Gasteiger partial charge in [-0.15, -0.1) is 0 Å². The Labute approximate surface area is 170 Å². The number of nitrogens with one attached hydrogen (secondary N) is 2. The van der Waals surface area contributed by atoms with E-state index in [0.29, 0.717) is 18.2 Å². The largest absolute Gasteiger partial charge is 0.354 e. The first-order chi connectivity index (χ1) is 13.9. The summed E-state index contributed by atoms with van der Waals surface area (Å²) < 4.78 is 18.0. The van der Waals surface area contributed by atoms with E-state index in [1.165, 1.54) is 17.3 Å². The highest BCUT2D eigenvalue weighted by molar-refractivity contribution is 5.79. The van der Waals surface area contributed by atoms with Gasteiger partial charge in [0.05, 0.1) is 17.7 Å². The van der Waals surface area contributed by atoms with Gasteiger partial charge in [-0.3, -0.25) is 9.67 Å². The van der Waals surface area contributed by atoms with Gasteiger partial charge in [-0.25, -0.2) is 9.37 Å². The smallest absolute Gasteiger partial charge is 0.191 e. The molecule has 0 spiro atoms. The lowest BCUT2D eigenvalue weighted by Crippen LogP contribution is -2.42. The summed E-state index contributed by atoms with van der Waals surface area (Å²) in [7, 11) is 3.69. The number of benzene rings is 1. The lowest BCUT2D eigenvalue weighted by Gasteiger charge is -2.18. The average molecular weight is 398 g/mol. The van der Waals surface area contributed by atoms with Gasteiger partial charge in [-0.2, -0.15) is 5.10 Å². The van der Waals surface area contributed by atoms with Crippen molar-refractivity contribution in [2.45, 2.75) is 39.8 Å². The van der Waals surface area contributed by atoms with Crippen LogP contribution < -0.4 is 10.6 Å². The van der Waals surface area contributed by atoms with Gasteiger partial charge < -0.3 is 15.2 Å². The second kappa shape index (κ2) is 8.89. The highest BCUT2D eigenvalue weighted by Crippen LogP contribution is 2.15. The van der Waals surface area contributed by atoms with Crippen LogP contribution in [-0.4, -0.2) is 38.4 Å². The zero-order valence-electron chi connectivity index (χ0n) is 17.6. The van der Waals surface area contributed by atoms with Crippen LogP contribution in [0.1, 0.15) is 29.4 Å². The van der Waals surface area contributed by atoms with E-state index < -0.39 is 0 Å². The molecule has 2 heterocycles. The topological polar surface area (TPSA) is 72.1 Å². The molecule has 2 aromatic heterocycles. The SMILES string of the molecule is CN=C(NCc1ccc(-n2ccnc2)c(F)c1)NC(C)Cc1c(C)nn(C)c1C. The van der Waals surface area contributed by atoms with Crippen LogP contribution in [0.2, 0.25) is 0 Å². The van der Waals surface area contributed by atoms with Crippen molar-refractivity contribution in [3.63, 3.8) is 0 Å². The molecule has 3 aromatic rings. The molecule has 0 amide bonds. The van der Waals surface area contributed by atoms with Gasteiger partial charge in [-0.1, -0.05) is 6.07 Å². The van der Waals surface area contributed by atoms with E-state index in [2.05, 4.69) is 39.6 Å². The summed E-state index contributed by atoms with van der Waals surface area (Å²) >= 11 is 0. The number of rotatable bonds is 6. The predicted octanol–water partition coefficient (Wildman–Crippen LogP) is 2.66. The van der Waals surface area contributed by atoms with Gasteiger partial charge in [0.15, 0.2) is 5.96 Å². The Morgan fingerprint density at radius 2 is 2.10 bits per heavy atom. The van der Waals surface area contributed by atoms with Crippen molar-refractivity contribution in [3.05, 3.63) is 65.3 Å². The molecule has 1 atom stereocenters. The Morgan fingerprint density at radius 3 is 2.69 bits per heavy atom. The van der Waals surface area contributed by atoms with Crippen LogP contribution in [-0.2, 0) is 20.0 Å². The van der Waals surface area contributed by atoms with Crippen LogP contribution in [0.4, 0.5) is 4.39 Å². The predicted molar refractivity (Wildman–Crippen MR) is 113 cm³/mol. The Hall–Kier alpha value is -3.16. The molecular weight excluding hydrogens is 369 g/mol. The summed E-state index contributed by atoms with van der Waals surface area (Å²) in [4.78, 5) is 8.24. The van der Waals surface area contributed by atoms with E-state index >= 15 is 0 Å². The number of aryl methyl sites for hydroxylation is 2. The Bertz CT molecular complexity index is 989. The molecule has 0 aliphatic rings. The lowest BCUT2D eigenvalue weighted by molar-refractivity contribution is 0.613. The van der Waals surface area contributed by atoms with Crippen molar-refractivity contribution in [1.29, 1.82) is 0 Å².